The summed E-state index contributed by atoms with van der Waals surface area (Å²) in [4.78, 5) is 12.6. The first kappa shape index (κ1) is 14.5. The van der Waals surface area contributed by atoms with E-state index in [1.807, 2.05) is 54.0 Å². The van der Waals surface area contributed by atoms with Gasteiger partial charge in [-0.05, 0) is 30.5 Å². The summed E-state index contributed by atoms with van der Waals surface area (Å²) in [5.41, 5.74) is 8.95. The first-order valence-electron chi connectivity index (χ1n) is 7.10. The maximum Gasteiger partial charge on any atom is 0.255 e. The molecule has 1 heterocycles. The SMILES string of the molecule is CCn1c(C(C)C)ccc(C(N)c2ccccc2)c1=O. The lowest BCUT2D eigenvalue weighted by atomic mass is 9.99. The number of benzene rings is 1. The van der Waals surface area contributed by atoms with E-state index in [2.05, 4.69) is 13.8 Å². The Kier molecular flexibility index (Phi) is 4.40. The van der Waals surface area contributed by atoms with E-state index >= 15 is 0 Å². The van der Waals surface area contributed by atoms with Crippen molar-refractivity contribution >= 4 is 0 Å². The highest BCUT2D eigenvalue weighted by atomic mass is 16.1. The average Bonchev–Trinajstić information content (AvgIpc) is 2.47. The number of nitrogens with two attached hydrogens (primary N) is 1. The minimum atomic E-state index is -0.372. The van der Waals surface area contributed by atoms with E-state index in [0.29, 0.717) is 18.0 Å². The number of rotatable bonds is 4. The van der Waals surface area contributed by atoms with Gasteiger partial charge in [0.25, 0.3) is 5.56 Å². The Bertz CT molecular complexity index is 629. The molecule has 0 radical (unpaired) electrons. The lowest BCUT2D eigenvalue weighted by Gasteiger charge is -2.18. The van der Waals surface area contributed by atoms with Gasteiger partial charge in [0.2, 0.25) is 0 Å². The van der Waals surface area contributed by atoms with Crippen LogP contribution in [0.4, 0.5) is 0 Å². The van der Waals surface area contributed by atoms with Gasteiger partial charge in [-0.25, -0.2) is 0 Å². The van der Waals surface area contributed by atoms with Crippen molar-refractivity contribution in [1.29, 1.82) is 0 Å². The lowest BCUT2D eigenvalue weighted by Crippen LogP contribution is -2.30. The van der Waals surface area contributed by atoms with Crippen LogP contribution < -0.4 is 11.3 Å². The minimum Gasteiger partial charge on any atom is -0.320 e. The summed E-state index contributed by atoms with van der Waals surface area (Å²) < 4.78 is 1.82. The van der Waals surface area contributed by atoms with Gasteiger partial charge >= 0.3 is 0 Å². The highest BCUT2D eigenvalue weighted by molar-refractivity contribution is 5.31. The van der Waals surface area contributed by atoms with E-state index in [-0.39, 0.29) is 11.6 Å². The summed E-state index contributed by atoms with van der Waals surface area (Å²) in [5, 5.41) is 0. The smallest absolute Gasteiger partial charge is 0.255 e. The molecular formula is C17H22N2O. The molecule has 0 aliphatic heterocycles. The highest BCUT2D eigenvalue weighted by Gasteiger charge is 2.16. The van der Waals surface area contributed by atoms with Crippen LogP contribution in [0, 0.1) is 0 Å². The number of hydrogen-bond acceptors (Lipinski definition) is 2. The van der Waals surface area contributed by atoms with Crippen molar-refractivity contribution in [2.45, 2.75) is 39.3 Å². The van der Waals surface area contributed by atoms with Crippen LogP contribution in [0.2, 0.25) is 0 Å². The van der Waals surface area contributed by atoms with Crippen molar-refractivity contribution in [2.75, 3.05) is 0 Å². The predicted molar refractivity (Wildman–Crippen MR) is 82.9 cm³/mol. The van der Waals surface area contributed by atoms with E-state index in [4.69, 9.17) is 5.73 Å². The van der Waals surface area contributed by atoms with Crippen LogP contribution in [-0.4, -0.2) is 4.57 Å². The van der Waals surface area contributed by atoms with Gasteiger partial charge in [-0.1, -0.05) is 44.2 Å². The van der Waals surface area contributed by atoms with Crippen LogP contribution in [-0.2, 0) is 6.54 Å². The van der Waals surface area contributed by atoms with Gasteiger partial charge < -0.3 is 10.3 Å². The first-order valence-corrected chi connectivity index (χ1v) is 7.10. The Labute approximate surface area is 120 Å². The molecule has 0 bridgehead atoms. The summed E-state index contributed by atoms with van der Waals surface area (Å²) >= 11 is 0. The number of hydrogen-bond donors (Lipinski definition) is 1. The molecular weight excluding hydrogens is 248 g/mol. The van der Waals surface area contributed by atoms with Gasteiger partial charge in [0.1, 0.15) is 0 Å². The van der Waals surface area contributed by atoms with Crippen LogP contribution in [0.25, 0.3) is 0 Å². The molecule has 1 atom stereocenters. The van der Waals surface area contributed by atoms with Crippen molar-refractivity contribution in [3.8, 4) is 0 Å². The second kappa shape index (κ2) is 6.06. The summed E-state index contributed by atoms with van der Waals surface area (Å²) in [6.45, 7) is 6.85. The Balaban J connectivity index is 2.51. The molecule has 1 unspecified atom stereocenters. The van der Waals surface area contributed by atoms with Crippen molar-refractivity contribution in [3.63, 3.8) is 0 Å². The Morgan fingerprint density at radius 1 is 1.10 bits per heavy atom. The molecule has 0 fully saturated rings. The topological polar surface area (TPSA) is 48.0 Å². The fourth-order valence-electron chi connectivity index (χ4n) is 2.52. The monoisotopic (exact) mass is 270 g/mol. The molecule has 0 saturated heterocycles. The maximum absolute atomic E-state index is 12.6. The molecule has 0 saturated carbocycles. The van der Waals surface area contributed by atoms with Crippen molar-refractivity contribution < 1.29 is 0 Å². The first-order chi connectivity index (χ1) is 9.56. The largest absolute Gasteiger partial charge is 0.320 e. The quantitative estimate of drug-likeness (QED) is 0.928. The van der Waals surface area contributed by atoms with Crippen LogP contribution >= 0.6 is 0 Å². The molecule has 20 heavy (non-hydrogen) atoms. The molecule has 0 spiro atoms. The summed E-state index contributed by atoms with van der Waals surface area (Å²) in [5.74, 6) is 0.324. The highest BCUT2D eigenvalue weighted by Crippen LogP contribution is 2.19. The van der Waals surface area contributed by atoms with Gasteiger partial charge in [0, 0.05) is 17.8 Å². The summed E-state index contributed by atoms with van der Waals surface area (Å²) in [7, 11) is 0. The molecule has 1 aromatic heterocycles. The van der Waals surface area contributed by atoms with E-state index in [0.717, 1.165) is 11.3 Å². The second-order valence-corrected chi connectivity index (χ2v) is 5.31. The van der Waals surface area contributed by atoms with Crippen LogP contribution in [0.15, 0.2) is 47.3 Å². The molecule has 0 amide bonds. The summed E-state index contributed by atoms with van der Waals surface area (Å²) in [6.07, 6.45) is 0. The molecule has 0 aliphatic carbocycles. The zero-order chi connectivity index (χ0) is 14.7. The van der Waals surface area contributed by atoms with E-state index < -0.39 is 0 Å². The third-order valence-electron chi connectivity index (χ3n) is 3.64. The molecule has 2 aromatic rings. The third-order valence-corrected chi connectivity index (χ3v) is 3.64. The fourth-order valence-corrected chi connectivity index (χ4v) is 2.52. The molecule has 0 aliphatic rings. The summed E-state index contributed by atoms with van der Waals surface area (Å²) in [6, 6.07) is 13.3. The number of nitrogens with zero attached hydrogens (tertiary/aromatic N) is 1. The molecule has 2 rings (SSSR count). The van der Waals surface area contributed by atoms with Crippen molar-refractivity contribution in [1.82, 2.24) is 4.57 Å². The van der Waals surface area contributed by atoms with E-state index in [1.54, 1.807) is 0 Å². The zero-order valence-electron chi connectivity index (χ0n) is 12.3. The molecule has 1 aromatic carbocycles. The van der Waals surface area contributed by atoms with Gasteiger partial charge in [0.15, 0.2) is 0 Å². The predicted octanol–water partition coefficient (Wildman–Crippen LogP) is 3.04. The molecule has 2 N–H and O–H groups in total. The van der Waals surface area contributed by atoms with Gasteiger partial charge in [0.05, 0.1) is 6.04 Å². The second-order valence-electron chi connectivity index (χ2n) is 5.31. The van der Waals surface area contributed by atoms with E-state index in [1.165, 1.54) is 0 Å². The standard InChI is InChI=1S/C17H22N2O/c1-4-19-15(12(2)3)11-10-14(17(19)20)16(18)13-8-6-5-7-9-13/h5-12,16H,4,18H2,1-3H3. The van der Waals surface area contributed by atoms with Crippen LogP contribution in [0.1, 0.15) is 49.6 Å². The average molecular weight is 270 g/mol. The van der Waals surface area contributed by atoms with Crippen molar-refractivity contribution in [3.05, 3.63) is 69.6 Å². The lowest BCUT2D eigenvalue weighted by molar-refractivity contribution is 0.626. The molecule has 3 nitrogen and oxygen atoms in total. The third kappa shape index (κ3) is 2.68. The fraction of sp³-hybridized carbons (Fsp3) is 0.353. The van der Waals surface area contributed by atoms with Gasteiger partial charge in [-0.15, -0.1) is 0 Å². The number of aromatic nitrogens is 1. The minimum absolute atomic E-state index is 0.0232. The zero-order valence-corrected chi connectivity index (χ0v) is 12.3. The Hall–Kier alpha value is -1.87. The Morgan fingerprint density at radius 2 is 1.75 bits per heavy atom. The van der Waals surface area contributed by atoms with Gasteiger partial charge in [-0.3, -0.25) is 4.79 Å². The normalized spacial score (nSPS) is 12.7. The number of pyridine rings is 1. The maximum atomic E-state index is 12.6. The molecule has 3 heteroatoms. The van der Waals surface area contributed by atoms with Crippen molar-refractivity contribution in [2.24, 2.45) is 5.73 Å². The van der Waals surface area contributed by atoms with Crippen LogP contribution in [0.5, 0.6) is 0 Å². The van der Waals surface area contributed by atoms with Gasteiger partial charge in [-0.2, -0.15) is 0 Å². The van der Waals surface area contributed by atoms with Crippen LogP contribution in [0.3, 0.4) is 0 Å². The molecule has 106 valence electrons. The van der Waals surface area contributed by atoms with E-state index in [9.17, 15) is 4.79 Å². The Morgan fingerprint density at radius 3 is 2.30 bits per heavy atom.